The van der Waals surface area contributed by atoms with Crippen molar-refractivity contribution in [1.29, 1.82) is 0 Å². The Morgan fingerprint density at radius 3 is 1.14 bits per heavy atom. The Balaban J connectivity index is 0.0000000980. The second kappa shape index (κ2) is 42.4. The van der Waals surface area contributed by atoms with Crippen LogP contribution in [0, 0.1) is 286 Å². The average Bonchev–Trinajstić information content (AvgIpc) is 1.53. The molecule has 8 heteroatoms. The van der Waals surface area contributed by atoms with Crippen LogP contribution in [0.4, 0.5) is 0 Å². The summed E-state index contributed by atoms with van der Waals surface area (Å²) in [7, 11) is 0. The number of allylic oxidation sites excluding steroid dienone is 4. The first kappa shape index (κ1) is 109. The minimum Gasteiger partial charge on any atom is -0.462 e. The number of rotatable bonds is 1. The van der Waals surface area contributed by atoms with Crippen LogP contribution in [0.3, 0.4) is 0 Å². The highest BCUT2D eigenvalue weighted by Crippen LogP contribution is 2.75. The van der Waals surface area contributed by atoms with E-state index >= 15 is 0 Å². The number of terminal acetylenes is 2. The molecule has 0 heterocycles. The highest BCUT2D eigenvalue weighted by atomic mass is 16.5. The van der Waals surface area contributed by atoms with Crippen molar-refractivity contribution < 1.29 is 39.9 Å². The van der Waals surface area contributed by atoms with E-state index in [1.807, 2.05) is 13.8 Å². The molecular weight excluding hydrogens is 1810 g/mol. The van der Waals surface area contributed by atoms with Crippen LogP contribution in [0.2, 0.25) is 0 Å². The normalized spacial score (nSPS) is 54.1. The minimum absolute atomic E-state index is 0.00234. The molecule has 0 bridgehead atoms. The Kier molecular flexibility index (Phi) is 31.2. The van der Waals surface area contributed by atoms with Crippen molar-refractivity contribution in [2.45, 2.75) is 548 Å². The number of carbonyl (C=O) groups excluding carboxylic acids is 2. The third-order valence-electron chi connectivity index (χ3n) is 57.3. The van der Waals surface area contributed by atoms with Crippen molar-refractivity contribution in [3.05, 3.63) is 23.8 Å². The van der Waals surface area contributed by atoms with E-state index in [4.69, 9.17) is 17.6 Å². The third-order valence-corrected chi connectivity index (χ3v) is 57.3. The number of hydrogen-bond donors (Lipinski definition) is 5. The lowest BCUT2D eigenvalue weighted by Crippen LogP contribution is -2.55. The molecule has 0 aromatic heterocycles. The first-order chi connectivity index (χ1) is 71.1. The van der Waals surface area contributed by atoms with Gasteiger partial charge in [-0.15, -0.1) is 24.7 Å². The number of ketones is 1. The van der Waals surface area contributed by atoms with Gasteiger partial charge in [-0.2, -0.15) is 0 Å². The van der Waals surface area contributed by atoms with Crippen molar-refractivity contribution in [2.24, 2.45) is 238 Å². The van der Waals surface area contributed by atoms with Crippen molar-refractivity contribution >= 4 is 11.8 Å². The van der Waals surface area contributed by atoms with Gasteiger partial charge in [0.1, 0.15) is 34.3 Å². The molecule has 8 nitrogen and oxygen atoms in total. The van der Waals surface area contributed by atoms with E-state index in [0.29, 0.717) is 34.4 Å². The number of fused-ring (bicyclic) bond motifs is 35. The maximum absolute atomic E-state index is 12.3. The van der Waals surface area contributed by atoms with Gasteiger partial charge < -0.3 is 30.3 Å². The van der Waals surface area contributed by atoms with E-state index < -0.39 is 22.4 Å². The average molecular weight is 2030 g/mol. The SMILES string of the molecule is C#C[C@]1(O)CCC2C3CC[C@H]4CCCC[C@@H]4C3CC[C@@]21C.C#C[C@]1(O)CCC2C3CC[C@H]4CCCC[C@]4(C)C3CC[C@@]21C.CC#C[C@]1(O)CCC2C3CC[C@H]4CCCC[C@@H]4C3CC[C@@]21C.CC#C[C@]1(O)CCC2C3CC[C@H]4CCCC[C@]4(C)C3CC[C@@]21C.CC(=O)O[C@H]1CCC2C3CC=C4C=CCC[C@@H]4C3CC[C@@]21C.C[C@]12CCC3C(CC[C@H]4CCCC[C@H]34)C1CCC2=O.C[C@]12CCC3C(CC[C@H]4CCCC[C@H]34)C1CC[C@@H]2O. The summed E-state index contributed by atoms with van der Waals surface area (Å²) in [6.45, 7) is 27.0. The van der Waals surface area contributed by atoms with E-state index in [-0.39, 0.29) is 56.1 Å². The maximum atomic E-state index is 12.3. The Morgan fingerprint density at radius 2 is 0.682 bits per heavy atom. The molecule has 28 aliphatic carbocycles. The lowest BCUT2D eigenvalue weighted by molar-refractivity contribution is -0.155. The summed E-state index contributed by atoms with van der Waals surface area (Å²) in [4.78, 5) is 23.7. The Labute approximate surface area is 903 Å². The molecule has 148 heavy (non-hydrogen) atoms. The molecule has 5 N–H and O–H groups in total. The van der Waals surface area contributed by atoms with Gasteiger partial charge in [0.15, 0.2) is 0 Å². The highest BCUT2D eigenvalue weighted by molar-refractivity contribution is 5.87. The fraction of sp³-hybridized carbons (Fsp3) is 0.900. The fourth-order valence-electron chi connectivity index (χ4n) is 49.3. The molecule has 0 spiro atoms. The molecule has 47 atom stereocenters. The van der Waals surface area contributed by atoms with E-state index in [1.54, 1.807) is 12.5 Å². The van der Waals surface area contributed by atoms with Crippen molar-refractivity contribution in [3.8, 4) is 48.4 Å². The first-order valence-corrected chi connectivity index (χ1v) is 65.5. The fourth-order valence-corrected chi connectivity index (χ4v) is 49.3. The number of aliphatic hydroxyl groups is 5. The van der Waals surface area contributed by atoms with Gasteiger partial charge in [-0.05, 0) is 546 Å². The summed E-state index contributed by atoms with van der Waals surface area (Å²) in [5.41, 5.74) is 0.346. The standard InChI is InChI=1S/C22H34O.2C21H32O.C20H28O2.C20H30O.C18H30O.C18H28O/c1-4-12-22(23)15-11-19-17-9-8-16-7-5-6-13-20(16,2)18(17)10-14-21(19,22)3;1-4-21(22)14-11-18-16-9-8-15-7-5-6-12-19(15,2)17(16)10-13-20(18,21)3;1-3-12-21(22)14-11-19-18-9-8-15-6-4-5-7-16(15)17(18)10-13-20(19,21)2;1-13(21)22-19-10-9-18-17-8-7-14-5-3-4-6-15(14)16(17)11-12-20(18,19)2;1-3-20(21)13-11-18-17-9-8-14-6-4-5-7-15(14)16(17)10-12-19(18,20)2;2*1-18-11-10-14-13-5-3-2-4-12(13)6-7-15(14)16(18)8-9-17(18)19/h16-19,23H,5-11,13-15H2,1-3H3;1,15-18,22H,5-14H2,2-3H3;15-19,22H,4-11,13-14H2,1-2H3;3,5,7,15-19H,4,6,8-12H2,1-2H3;1,14-18,21H,4-13H2,2H3;12-17,19H,2-11H2,1H3;12-16H,2-11H2,1H3/t16-,17?,18?,19?,20+,21+,22+;15-,16?,17?,18?,19+,20+,21+;15-,16+,17?,18?,19?,20+,21+;15-,16?,17?,18?,19-,20-;14-,15+,16?,17?,18?,19+,20+;12-,13+,14?,15?,16?,17+,18+;12-,13+,14?,15?,16?,18+/m1110111/s1. The summed E-state index contributed by atoms with van der Waals surface area (Å²) < 4.78 is 5.70. The molecule has 21 unspecified atom stereocenters. The van der Waals surface area contributed by atoms with Gasteiger partial charge in [0.2, 0.25) is 0 Å². The van der Waals surface area contributed by atoms with Crippen LogP contribution < -0.4 is 0 Å². The molecule has 0 radical (unpaired) electrons. The third kappa shape index (κ3) is 18.1. The Morgan fingerprint density at radius 1 is 0.318 bits per heavy atom. The zero-order valence-corrected chi connectivity index (χ0v) is 96.4. The number of esters is 1. The summed E-state index contributed by atoms with van der Waals surface area (Å²) in [5.74, 6) is 47.5. The van der Waals surface area contributed by atoms with Crippen molar-refractivity contribution in [2.75, 3.05) is 0 Å². The van der Waals surface area contributed by atoms with Gasteiger partial charge in [-0.25, -0.2) is 0 Å². The first-order valence-electron chi connectivity index (χ1n) is 65.5. The van der Waals surface area contributed by atoms with Gasteiger partial charge in [0.05, 0.1) is 6.10 Å². The molecule has 0 aromatic rings. The second-order valence-corrected chi connectivity index (χ2v) is 61.4. The zero-order chi connectivity index (χ0) is 103. The van der Waals surface area contributed by atoms with Gasteiger partial charge >= 0.3 is 5.97 Å². The Bertz CT molecular complexity index is 4970. The van der Waals surface area contributed by atoms with Gasteiger partial charge in [-0.1, -0.05) is 207 Å². The Hall–Kier alpha value is -3.34. The van der Waals surface area contributed by atoms with Crippen LogP contribution in [-0.4, -0.2) is 71.9 Å². The van der Waals surface area contributed by atoms with Crippen LogP contribution in [-0.2, 0) is 14.3 Å². The smallest absolute Gasteiger partial charge is 0.302 e. The van der Waals surface area contributed by atoms with E-state index in [2.05, 4.69) is 116 Å². The minimum atomic E-state index is -0.840. The molecule has 0 aliphatic heterocycles. The summed E-state index contributed by atoms with van der Waals surface area (Å²) in [5, 5.41) is 54.8. The number of hydrogen-bond acceptors (Lipinski definition) is 8. The molecule has 26 fully saturated rings. The van der Waals surface area contributed by atoms with Crippen LogP contribution in [0.1, 0.15) is 513 Å². The highest BCUT2D eigenvalue weighted by Gasteiger charge is 2.71. The van der Waals surface area contributed by atoms with Gasteiger partial charge in [0, 0.05) is 45.8 Å². The van der Waals surface area contributed by atoms with Gasteiger partial charge in [0.25, 0.3) is 0 Å². The quantitative estimate of drug-likeness (QED) is 0.129. The molecule has 0 aromatic carbocycles. The molecule has 28 rings (SSSR count). The van der Waals surface area contributed by atoms with Crippen LogP contribution >= 0.6 is 0 Å². The number of aliphatic hydroxyl groups excluding tert-OH is 1. The summed E-state index contributed by atoms with van der Waals surface area (Å²) in [6, 6.07) is 0. The predicted molar refractivity (Wildman–Crippen MR) is 602 cm³/mol. The molecule has 26 saturated carbocycles. The molecule has 822 valence electrons. The van der Waals surface area contributed by atoms with Crippen LogP contribution in [0.15, 0.2) is 23.8 Å². The van der Waals surface area contributed by atoms with Crippen LogP contribution in [0.5, 0.6) is 0 Å². The number of carbonyl (C=O) groups is 2. The monoisotopic (exact) mass is 2020 g/mol. The number of ether oxygens (including phenoxy) is 1. The lowest BCUT2D eigenvalue weighted by atomic mass is 9.44. The lowest BCUT2D eigenvalue weighted by Gasteiger charge is -2.60. The van der Waals surface area contributed by atoms with E-state index in [0.717, 1.165) is 242 Å². The topological polar surface area (TPSA) is 145 Å². The van der Waals surface area contributed by atoms with E-state index in [9.17, 15) is 35.1 Å². The zero-order valence-electron chi connectivity index (χ0n) is 96.4. The van der Waals surface area contributed by atoms with Crippen LogP contribution in [0.25, 0.3) is 0 Å². The van der Waals surface area contributed by atoms with Gasteiger partial charge in [-0.3, -0.25) is 9.59 Å². The molecule has 28 aliphatic rings. The van der Waals surface area contributed by atoms with E-state index in [1.165, 1.54) is 360 Å². The summed E-state index contributed by atoms with van der Waals surface area (Å²) in [6.07, 6.45) is 109. The molecule has 0 saturated heterocycles. The van der Waals surface area contributed by atoms with Crippen molar-refractivity contribution in [3.63, 3.8) is 0 Å². The van der Waals surface area contributed by atoms with Crippen molar-refractivity contribution in [1.82, 2.24) is 0 Å². The molecular formula is C140H214O8. The molecule has 0 amide bonds. The largest absolute Gasteiger partial charge is 0.462 e. The second-order valence-electron chi connectivity index (χ2n) is 61.4. The maximum Gasteiger partial charge on any atom is 0.302 e. The predicted octanol–water partition coefficient (Wildman–Crippen LogP) is 32.8. The number of Topliss-reactive ketones (excluding diaryl/α,β-unsaturated/α-hetero) is 1. The summed E-state index contributed by atoms with van der Waals surface area (Å²) >= 11 is 0.